The summed E-state index contributed by atoms with van der Waals surface area (Å²) in [4.78, 5) is 24.6. The van der Waals surface area contributed by atoms with Crippen molar-refractivity contribution in [1.29, 1.82) is 0 Å². The smallest absolute Gasteiger partial charge is 0.242 e. The van der Waals surface area contributed by atoms with Crippen molar-refractivity contribution in [3.05, 3.63) is 29.8 Å². The molecule has 6 nitrogen and oxygen atoms in total. The van der Waals surface area contributed by atoms with E-state index in [1.165, 1.54) is 0 Å². The van der Waals surface area contributed by atoms with Crippen LogP contribution in [0.5, 0.6) is 5.75 Å². The predicted molar refractivity (Wildman–Crippen MR) is 127 cm³/mol. The molecule has 1 aromatic carbocycles. The van der Waals surface area contributed by atoms with Gasteiger partial charge < -0.3 is 20.7 Å². The maximum atomic E-state index is 12.5. The van der Waals surface area contributed by atoms with Crippen molar-refractivity contribution < 1.29 is 14.3 Å². The van der Waals surface area contributed by atoms with Crippen molar-refractivity contribution in [3.8, 4) is 5.75 Å². The van der Waals surface area contributed by atoms with Crippen LogP contribution in [-0.4, -0.2) is 43.6 Å². The van der Waals surface area contributed by atoms with Gasteiger partial charge in [0, 0.05) is 12.6 Å². The summed E-state index contributed by atoms with van der Waals surface area (Å²) in [6.45, 7) is 12.0. The predicted octanol–water partition coefficient (Wildman–Crippen LogP) is 3.83. The van der Waals surface area contributed by atoms with E-state index >= 15 is 0 Å². The number of benzene rings is 1. The van der Waals surface area contributed by atoms with Gasteiger partial charge in [-0.3, -0.25) is 9.59 Å². The Balaban J connectivity index is 2.41. The lowest BCUT2D eigenvalue weighted by Gasteiger charge is -2.19. The fraction of sp³-hybridized carbons (Fsp3) is 0.680. The van der Waals surface area contributed by atoms with Gasteiger partial charge in [0.1, 0.15) is 11.8 Å². The van der Waals surface area contributed by atoms with Crippen molar-refractivity contribution in [1.82, 2.24) is 16.0 Å². The van der Waals surface area contributed by atoms with E-state index in [9.17, 15) is 9.59 Å². The number of hydrogen-bond donors (Lipinski definition) is 3. The van der Waals surface area contributed by atoms with Gasteiger partial charge in [0.25, 0.3) is 0 Å². The molecule has 0 aliphatic rings. The summed E-state index contributed by atoms with van der Waals surface area (Å²) in [5.41, 5.74) is 1.16. The minimum absolute atomic E-state index is 0.125. The minimum Gasteiger partial charge on any atom is -0.493 e. The third-order valence-corrected chi connectivity index (χ3v) is 5.71. The van der Waals surface area contributed by atoms with Crippen molar-refractivity contribution >= 4 is 11.8 Å². The number of rotatable bonds is 16. The van der Waals surface area contributed by atoms with Gasteiger partial charge in [-0.15, -0.1) is 0 Å². The summed E-state index contributed by atoms with van der Waals surface area (Å²) in [7, 11) is 0. The molecule has 0 heterocycles. The molecule has 0 radical (unpaired) electrons. The van der Waals surface area contributed by atoms with Crippen LogP contribution in [0.25, 0.3) is 0 Å². The van der Waals surface area contributed by atoms with Crippen LogP contribution >= 0.6 is 0 Å². The first kappa shape index (κ1) is 27.0. The maximum Gasteiger partial charge on any atom is 0.242 e. The van der Waals surface area contributed by atoms with Gasteiger partial charge in [-0.05, 0) is 49.7 Å². The van der Waals surface area contributed by atoms with E-state index in [2.05, 4.69) is 49.7 Å². The molecule has 176 valence electrons. The van der Waals surface area contributed by atoms with Crippen LogP contribution in [-0.2, 0) is 16.0 Å². The summed E-state index contributed by atoms with van der Waals surface area (Å²) in [5, 5.41) is 9.03. The molecule has 1 rings (SSSR count). The Labute approximate surface area is 188 Å². The summed E-state index contributed by atoms with van der Waals surface area (Å²) in [5.74, 6) is 1.19. The molecular weight excluding hydrogens is 390 g/mol. The van der Waals surface area contributed by atoms with E-state index < -0.39 is 6.04 Å². The summed E-state index contributed by atoms with van der Waals surface area (Å²) >= 11 is 0. The largest absolute Gasteiger partial charge is 0.493 e. The molecule has 3 N–H and O–H groups in total. The van der Waals surface area contributed by atoms with Gasteiger partial charge >= 0.3 is 0 Å². The van der Waals surface area contributed by atoms with Gasteiger partial charge in [-0.2, -0.15) is 0 Å². The number of amides is 2. The van der Waals surface area contributed by atoms with Crippen molar-refractivity contribution in [3.63, 3.8) is 0 Å². The first-order valence-corrected chi connectivity index (χ1v) is 12.0. The van der Waals surface area contributed by atoms with E-state index in [4.69, 9.17) is 4.74 Å². The van der Waals surface area contributed by atoms with Crippen LogP contribution in [0, 0.1) is 5.92 Å². The normalized spacial score (nSPS) is 13.0. The number of ether oxygens (including phenoxy) is 1. The molecule has 0 aliphatic carbocycles. The molecular formula is C25H43N3O3. The van der Waals surface area contributed by atoms with Gasteiger partial charge in [0.2, 0.25) is 11.8 Å². The Bertz CT molecular complexity index is 647. The second kappa shape index (κ2) is 15.7. The molecule has 2 atom stereocenters. The highest BCUT2D eigenvalue weighted by atomic mass is 16.5. The zero-order valence-corrected chi connectivity index (χ0v) is 20.1. The Kier molecular flexibility index (Phi) is 13.6. The third kappa shape index (κ3) is 10.7. The molecule has 2 amide bonds. The molecule has 0 fully saturated rings. The van der Waals surface area contributed by atoms with E-state index in [1.54, 1.807) is 0 Å². The van der Waals surface area contributed by atoms with Crippen LogP contribution in [0.3, 0.4) is 0 Å². The van der Waals surface area contributed by atoms with Gasteiger partial charge in [0.15, 0.2) is 0 Å². The lowest BCUT2D eigenvalue weighted by molar-refractivity contribution is -0.128. The SMILES string of the molecule is CCC(CC)NCC(=O)NC(CC)C(=O)NCCCc1ccccc1OC[C@H](C)CC. The first-order valence-electron chi connectivity index (χ1n) is 12.0. The fourth-order valence-corrected chi connectivity index (χ4v) is 3.23. The number of nitrogens with one attached hydrogen (secondary N) is 3. The van der Waals surface area contributed by atoms with Crippen LogP contribution in [0.1, 0.15) is 72.3 Å². The molecule has 0 bridgehead atoms. The first-order chi connectivity index (χ1) is 14.9. The zero-order valence-electron chi connectivity index (χ0n) is 20.1. The number of para-hydroxylation sites is 1. The third-order valence-electron chi connectivity index (χ3n) is 5.71. The summed E-state index contributed by atoms with van der Waals surface area (Å²) in [6, 6.07) is 7.93. The Morgan fingerprint density at radius 1 is 1.00 bits per heavy atom. The van der Waals surface area contributed by atoms with Gasteiger partial charge in [0.05, 0.1) is 13.2 Å². The molecule has 0 aromatic heterocycles. The number of carbonyl (C=O) groups is 2. The van der Waals surface area contributed by atoms with Gasteiger partial charge in [-0.1, -0.05) is 59.2 Å². The Morgan fingerprint density at radius 3 is 2.35 bits per heavy atom. The molecule has 0 saturated heterocycles. The van der Waals surface area contributed by atoms with Crippen LogP contribution in [0.4, 0.5) is 0 Å². The Hall–Kier alpha value is -2.08. The van der Waals surface area contributed by atoms with E-state index in [1.807, 2.05) is 25.1 Å². The lowest BCUT2D eigenvalue weighted by Crippen LogP contribution is -2.49. The molecule has 0 spiro atoms. The fourth-order valence-electron chi connectivity index (χ4n) is 3.23. The molecule has 1 aromatic rings. The summed E-state index contributed by atoms with van der Waals surface area (Å²) < 4.78 is 5.98. The van der Waals surface area contributed by atoms with E-state index in [0.29, 0.717) is 31.5 Å². The standard InChI is InChI=1S/C25H43N3O3/c1-6-19(5)18-31-23-15-11-10-13-20(23)14-12-16-26-25(30)22(9-4)28-24(29)17-27-21(7-2)8-3/h10-11,13,15,19,21-22,27H,6-9,12,14,16-18H2,1-5H3,(H,26,30)(H,28,29)/t19-,22?/m1/s1. The number of hydrogen-bond acceptors (Lipinski definition) is 4. The average Bonchev–Trinajstić information content (AvgIpc) is 2.79. The molecule has 1 unspecified atom stereocenters. The van der Waals surface area contributed by atoms with Crippen LogP contribution in [0.2, 0.25) is 0 Å². The van der Waals surface area contributed by atoms with E-state index in [-0.39, 0.29) is 18.4 Å². The van der Waals surface area contributed by atoms with Crippen molar-refractivity contribution in [2.75, 3.05) is 19.7 Å². The minimum atomic E-state index is -0.498. The highest BCUT2D eigenvalue weighted by Gasteiger charge is 2.18. The second-order valence-electron chi connectivity index (χ2n) is 8.25. The molecule has 6 heteroatoms. The zero-order chi connectivity index (χ0) is 23.1. The highest BCUT2D eigenvalue weighted by Crippen LogP contribution is 2.20. The van der Waals surface area contributed by atoms with Crippen molar-refractivity contribution in [2.24, 2.45) is 5.92 Å². The van der Waals surface area contributed by atoms with Gasteiger partial charge in [-0.25, -0.2) is 0 Å². The second-order valence-corrected chi connectivity index (χ2v) is 8.25. The Morgan fingerprint density at radius 2 is 1.71 bits per heavy atom. The summed E-state index contributed by atoms with van der Waals surface area (Å²) in [6.07, 6.45) is 5.27. The molecule has 0 saturated carbocycles. The molecule has 0 aliphatic heterocycles. The number of carbonyl (C=O) groups excluding carboxylic acids is 2. The number of aryl methyl sites for hydroxylation is 1. The lowest BCUT2D eigenvalue weighted by atomic mass is 10.1. The van der Waals surface area contributed by atoms with Crippen molar-refractivity contribution in [2.45, 2.75) is 85.2 Å². The topological polar surface area (TPSA) is 79.5 Å². The highest BCUT2D eigenvalue weighted by molar-refractivity contribution is 5.88. The monoisotopic (exact) mass is 433 g/mol. The maximum absolute atomic E-state index is 12.5. The van der Waals surface area contributed by atoms with E-state index in [0.717, 1.165) is 43.4 Å². The quantitative estimate of drug-likeness (QED) is 0.346. The molecule has 31 heavy (non-hydrogen) atoms. The van der Waals surface area contributed by atoms with Crippen LogP contribution < -0.4 is 20.7 Å². The average molecular weight is 434 g/mol. The van der Waals surface area contributed by atoms with Crippen LogP contribution in [0.15, 0.2) is 24.3 Å².